The number of hydrogen-bond donors (Lipinski definition) is 1. The fraction of sp³-hybridized carbons (Fsp3) is 0.250. The van der Waals surface area contributed by atoms with Crippen LogP contribution in [0.25, 0.3) is 11.5 Å². The lowest BCUT2D eigenvalue weighted by atomic mass is 10.2. The lowest BCUT2D eigenvalue weighted by Gasteiger charge is -1.98. The smallest absolute Gasteiger partial charge is 0.231 e. The summed E-state index contributed by atoms with van der Waals surface area (Å²) in [6.07, 6.45) is 2.39. The van der Waals surface area contributed by atoms with E-state index in [-0.39, 0.29) is 6.79 Å². The van der Waals surface area contributed by atoms with E-state index >= 15 is 0 Å². The van der Waals surface area contributed by atoms with Crippen LogP contribution in [0.2, 0.25) is 0 Å². The van der Waals surface area contributed by atoms with Crippen LogP contribution in [0.3, 0.4) is 0 Å². The third-order valence-corrected chi connectivity index (χ3v) is 2.56. The standard InChI is InChI=1S/C12H12N2O3/c13-4-3-9-6-14-12(17-9)8-1-2-10-11(5-8)16-7-15-10/h1-2,5-6H,3-4,7,13H2. The van der Waals surface area contributed by atoms with Gasteiger partial charge in [0.25, 0.3) is 0 Å². The van der Waals surface area contributed by atoms with Crippen molar-refractivity contribution in [3.8, 4) is 23.0 Å². The maximum atomic E-state index is 5.58. The Morgan fingerprint density at radius 3 is 3.00 bits per heavy atom. The number of oxazole rings is 1. The molecule has 5 heteroatoms. The average molecular weight is 232 g/mol. The largest absolute Gasteiger partial charge is 0.454 e. The van der Waals surface area contributed by atoms with Gasteiger partial charge in [0, 0.05) is 12.0 Å². The van der Waals surface area contributed by atoms with E-state index in [1.54, 1.807) is 6.20 Å². The van der Waals surface area contributed by atoms with Crippen LogP contribution in [0.15, 0.2) is 28.8 Å². The van der Waals surface area contributed by atoms with Crippen LogP contribution in [-0.4, -0.2) is 18.3 Å². The van der Waals surface area contributed by atoms with Gasteiger partial charge < -0.3 is 19.6 Å². The number of nitrogens with zero attached hydrogens (tertiary/aromatic N) is 1. The van der Waals surface area contributed by atoms with Crippen molar-refractivity contribution in [2.24, 2.45) is 5.73 Å². The van der Waals surface area contributed by atoms with E-state index in [0.717, 1.165) is 22.8 Å². The molecule has 1 aromatic carbocycles. The summed E-state index contributed by atoms with van der Waals surface area (Å²) in [6, 6.07) is 5.61. The van der Waals surface area contributed by atoms with Crippen molar-refractivity contribution < 1.29 is 13.9 Å². The normalized spacial score (nSPS) is 13.0. The first-order chi connectivity index (χ1) is 8.36. The fourth-order valence-corrected chi connectivity index (χ4v) is 1.73. The molecule has 17 heavy (non-hydrogen) atoms. The minimum atomic E-state index is 0.267. The molecule has 0 saturated carbocycles. The number of nitrogens with two attached hydrogens (primary N) is 1. The van der Waals surface area contributed by atoms with Crippen molar-refractivity contribution in [1.82, 2.24) is 4.98 Å². The van der Waals surface area contributed by atoms with Gasteiger partial charge in [-0.2, -0.15) is 0 Å². The van der Waals surface area contributed by atoms with Crippen LogP contribution in [0.1, 0.15) is 5.76 Å². The van der Waals surface area contributed by atoms with Crippen molar-refractivity contribution in [3.05, 3.63) is 30.2 Å². The van der Waals surface area contributed by atoms with E-state index in [1.165, 1.54) is 0 Å². The molecule has 5 nitrogen and oxygen atoms in total. The molecule has 0 atom stereocenters. The Kier molecular flexibility index (Phi) is 2.45. The predicted octanol–water partition coefficient (Wildman–Crippen LogP) is 1.57. The van der Waals surface area contributed by atoms with Crippen LogP contribution in [0, 0.1) is 0 Å². The van der Waals surface area contributed by atoms with Gasteiger partial charge in [-0.05, 0) is 24.7 Å². The monoisotopic (exact) mass is 232 g/mol. The SMILES string of the molecule is NCCc1cnc(-c2ccc3c(c2)OCO3)o1. The molecular formula is C12H12N2O3. The molecule has 0 amide bonds. The Bertz CT molecular complexity index is 536. The van der Waals surface area contributed by atoms with Crippen LogP contribution in [0.5, 0.6) is 11.5 Å². The topological polar surface area (TPSA) is 70.5 Å². The molecule has 0 fully saturated rings. The number of hydrogen-bond acceptors (Lipinski definition) is 5. The van der Waals surface area contributed by atoms with Gasteiger partial charge in [-0.1, -0.05) is 0 Å². The van der Waals surface area contributed by atoms with Crippen molar-refractivity contribution in [2.45, 2.75) is 6.42 Å². The Hall–Kier alpha value is -2.01. The van der Waals surface area contributed by atoms with Gasteiger partial charge >= 0.3 is 0 Å². The van der Waals surface area contributed by atoms with E-state index in [0.29, 0.717) is 18.9 Å². The Labute approximate surface area is 98.2 Å². The van der Waals surface area contributed by atoms with Crippen LogP contribution in [-0.2, 0) is 6.42 Å². The molecule has 0 unspecified atom stereocenters. The molecule has 0 aliphatic carbocycles. The first-order valence-electron chi connectivity index (χ1n) is 5.41. The minimum absolute atomic E-state index is 0.267. The molecule has 1 aromatic heterocycles. The van der Waals surface area contributed by atoms with Gasteiger partial charge in [0.2, 0.25) is 12.7 Å². The molecule has 0 radical (unpaired) electrons. The van der Waals surface area contributed by atoms with E-state index < -0.39 is 0 Å². The lowest BCUT2D eigenvalue weighted by Crippen LogP contribution is -2.01. The second-order valence-corrected chi connectivity index (χ2v) is 3.74. The Balaban J connectivity index is 1.92. The number of fused-ring (bicyclic) bond motifs is 1. The summed E-state index contributed by atoms with van der Waals surface area (Å²) in [5.74, 6) is 2.84. The zero-order chi connectivity index (χ0) is 11.7. The van der Waals surface area contributed by atoms with E-state index in [9.17, 15) is 0 Å². The Morgan fingerprint density at radius 1 is 1.24 bits per heavy atom. The number of aromatic nitrogens is 1. The zero-order valence-corrected chi connectivity index (χ0v) is 9.18. The predicted molar refractivity (Wildman–Crippen MR) is 60.8 cm³/mol. The number of benzene rings is 1. The quantitative estimate of drug-likeness (QED) is 0.869. The summed E-state index contributed by atoms with van der Waals surface area (Å²) in [5.41, 5.74) is 6.33. The highest BCUT2D eigenvalue weighted by atomic mass is 16.7. The van der Waals surface area contributed by atoms with E-state index in [2.05, 4.69) is 4.98 Å². The molecule has 0 spiro atoms. The van der Waals surface area contributed by atoms with Crippen molar-refractivity contribution in [1.29, 1.82) is 0 Å². The summed E-state index contributed by atoms with van der Waals surface area (Å²) in [5, 5.41) is 0. The second kappa shape index (κ2) is 4.10. The lowest BCUT2D eigenvalue weighted by molar-refractivity contribution is 0.174. The fourth-order valence-electron chi connectivity index (χ4n) is 1.73. The maximum absolute atomic E-state index is 5.58. The summed E-state index contributed by atoms with van der Waals surface area (Å²) < 4.78 is 16.1. The van der Waals surface area contributed by atoms with Crippen molar-refractivity contribution >= 4 is 0 Å². The Morgan fingerprint density at radius 2 is 2.12 bits per heavy atom. The number of ether oxygens (including phenoxy) is 2. The minimum Gasteiger partial charge on any atom is -0.454 e. The first-order valence-corrected chi connectivity index (χ1v) is 5.41. The third-order valence-electron chi connectivity index (χ3n) is 2.56. The molecule has 2 N–H and O–H groups in total. The zero-order valence-electron chi connectivity index (χ0n) is 9.18. The molecule has 3 rings (SSSR count). The van der Waals surface area contributed by atoms with Crippen LogP contribution in [0.4, 0.5) is 0 Å². The van der Waals surface area contributed by atoms with Gasteiger partial charge in [0.1, 0.15) is 5.76 Å². The highest BCUT2D eigenvalue weighted by molar-refractivity contribution is 5.60. The van der Waals surface area contributed by atoms with Crippen molar-refractivity contribution in [3.63, 3.8) is 0 Å². The van der Waals surface area contributed by atoms with E-state index in [4.69, 9.17) is 19.6 Å². The second-order valence-electron chi connectivity index (χ2n) is 3.74. The summed E-state index contributed by atoms with van der Waals surface area (Å²) in [7, 11) is 0. The van der Waals surface area contributed by atoms with Crippen LogP contribution >= 0.6 is 0 Å². The van der Waals surface area contributed by atoms with Crippen LogP contribution < -0.4 is 15.2 Å². The third kappa shape index (κ3) is 1.85. The molecule has 1 aliphatic rings. The van der Waals surface area contributed by atoms with Gasteiger partial charge in [0.15, 0.2) is 11.5 Å². The van der Waals surface area contributed by atoms with Gasteiger partial charge in [-0.3, -0.25) is 0 Å². The summed E-state index contributed by atoms with van der Waals surface area (Å²) in [4.78, 5) is 4.21. The summed E-state index contributed by atoms with van der Waals surface area (Å²) in [6.45, 7) is 0.818. The molecule has 88 valence electrons. The van der Waals surface area contributed by atoms with E-state index in [1.807, 2.05) is 18.2 Å². The molecule has 0 bridgehead atoms. The average Bonchev–Trinajstić information content (AvgIpc) is 2.96. The number of rotatable bonds is 3. The molecule has 2 aromatic rings. The maximum Gasteiger partial charge on any atom is 0.231 e. The highest BCUT2D eigenvalue weighted by Crippen LogP contribution is 2.35. The van der Waals surface area contributed by atoms with Gasteiger partial charge in [-0.15, -0.1) is 0 Å². The van der Waals surface area contributed by atoms with Gasteiger partial charge in [0.05, 0.1) is 6.20 Å². The molecule has 1 aliphatic heterocycles. The van der Waals surface area contributed by atoms with Crippen molar-refractivity contribution in [2.75, 3.05) is 13.3 Å². The van der Waals surface area contributed by atoms with Gasteiger partial charge in [-0.25, -0.2) is 4.98 Å². The molecule has 0 saturated heterocycles. The molecular weight excluding hydrogens is 220 g/mol. The summed E-state index contributed by atoms with van der Waals surface area (Å²) >= 11 is 0. The first kappa shape index (κ1) is 10.2. The molecule has 2 heterocycles. The highest BCUT2D eigenvalue weighted by Gasteiger charge is 2.15.